The molecule has 0 aromatic heterocycles. The van der Waals surface area contributed by atoms with Crippen molar-refractivity contribution in [3.8, 4) is 11.5 Å². The number of methoxy groups -OCH3 is 1. The molecule has 1 saturated heterocycles. The maximum Gasteiger partial charge on any atom is 0.294 e. The van der Waals surface area contributed by atoms with E-state index >= 15 is 0 Å². The number of halogens is 1. The number of aryl methyl sites for hydroxylation is 1. The van der Waals surface area contributed by atoms with Gasteiger partial charge in [-0.2, -0.15) is 0 Å². The zero-order chi connectivity index (χ0) is 22.5. The molecule has 1 aliphatic rings. The van der Waals surface area contributed by atoms with Gasteiger partial charge in [-0.25, -0.2) is 0 Å². The van der Waals surface area contributed by atoms with Gasteiger partial charge >= 0.3 is 0 Å². The Morgan fingerprint density at radius 1 is 1.23 bits per heavy atom. The first kappa shape index (κ1) is 22.9. The highest BCUT2D eigenvalue weighted by atomic mass is 79.9. The lowest BCUT2D eigenvalue weighted by Crippen LogP contribution is -2.36. The minimum Gasteiger partial charge on any atom is -0.492 e. The lowest BCUT2D eigenvalue weighted by Gasteiger charge is -2.13. The number of hydrogen-bond acceptors (Lipinski definition) is 6. The molecule has 1 aliphatic heterocycles. The number of carbonyl (C=O) groups excluding carboxylic acids is 3. The lowest BCUT2D eigenvalue weighted by atomic mass is 10.2. The number of carbonyl (C=O) groups is 3. The summed E-state index contributed by atoms with van der Waals surface area (Å²) in [6.45, 7) is 3.88. The molecular formula is C22H21BrN2O5S. The van der Waals surface area contributed by atoms with E-state index in [4.69, 9.17) is 9.47 Å². The molecule has 162 valence electrons. The van der Waals surface area contributed by atoms with E-state index in [1.165, 1.54) is 7.11 Å². The molecule has 31 heavy (non-hydrogen) atoms. The third kappa shape index (κ3) is 5.48. The van der Waals surface area contributed by atoms with E-state index in [0.29, 0.717) is 33.8 Å². The van der Waals surface area contributed by atoms with E-state index in [0.717, 1.165) is 22.2 Å². The van der Waals surface area contributed by atoms with Crippen LogP contribution in [-0.4, -0.2) is 42.2 Å². The fraction of sp³-hybridized carbons (Fsp3) is 0.227. The van der Waals surface area contributed by atoms with Gasteiger partial charge in [0.25, 0.3) is 11.1 Å². The Morgan fingerprint density at radius 2 is 1.94 bits per heavy atom. The van der Waals surface area contributed by atoms with Gasteiger partial charge in [-0.1, -0.05) is 17.7 Å². The smallest absolute Gasteiger partial charge is 0.294 e. The Labute approximate surface area is 192 Å². The summed E-state index contributed by atoms with van der Waals surface area (Å²) in [6, 6.07) is 10.7. The largest absolute Gasteiger partial charge is 0.492 e. The van der Waals surface area contributed by atoms with Crippen LogP contribution in [0.3, 0.4) is 0 Å². The molecule has 0 saturated carbocycles. The molecule has 0 unspecified atom stereocenters. The average molecular weight is 505 g/mol. The van der Waals surface area contributed by atoms with Crippen LogP contribution in [-0.2, 0) is 9.59 Å². The number of anilines is 1. The first-order chi connectivity index (χ1) is 14.8. The molecule has 3 rings (SSSR count). The predicted molar refractivity (Wildman–Crippen MR) is 124 cm³/mol. The normalized spacial score (nSPS) is 14.8. The SMILES string of the molecule is CCOc1cc(/C=C2\SC(=O)N(CC(=O)Nc3ccc(C)cc3)C2=O)cc(Br)c1OC. The molecule has 7 nitrogen and oxygen atoms in total. The topological polar surface area (TPSA) is 84.9 Å². The Balaban J connectivity index is 1.75. The van der Waals surface area contributed by atoms with Crippen LogP contribution in [0.5, 0.6) is 11.5 Å². The van der Waals surface area contributed by atoms with Gasteiger partial charge in [0.2, 0.25) is 5.91 Å². The van der Waals surface area contributed by atoms with Gasteiger partial charge < -0.3 is 14.8 Å². The van der Waals surface area contributed by atoms with Crippen LogP contribution in [0.25, 0.3) is 6.08 Å². The summed E-state index contributed by atoms with van der Waals surface area (Å²) in [5.74, 6) is 0.0967. The first-order valence-corrected chi connectivity index (χ1v) is 11.1. The molecule has 0 radical (unpaired) electrons. The Bertz CT molecular complexity index is 1050. The number of amides is 3. The van der Waals surface area contributed by atoms with Crippen LogP contribution in [0.4, 0.5) is 10.5 Å². The number of benzene rings is 2. The molecule has 0 bridgehead atoms. The average Bonchev–Trinajstić information content (AvgIpc) is 2.97. The van der Waals surface area contributed by atoms with E-state index in [1.54, 1.807) is 30.3 Å². The summed E-state index contributed by atoms with van der Waals surface area (Å²) in [6.07, 6.45) is 1.59. The van der Waals surface area contributed by atoms with Crippen LogP contribution in [0.2, 0.25) is 0 Å². The third-order valence-electron chi connectivity index (χ3n) is 4.34. The van der Waals surface area contributed by atoms with E-state index in [-0.39, 0.29) is 11.4 Å². The molecule has 1 N–H and O–H groups in total. The standard InChI is InChI=1S/C22H21BrN2O5S/c1-4-30-17-10-14(9-16(23)20(17)29-3)11-18-21(27)25(22(28)31-18)12-19(26)24-15-7-5-13(2)6-8-15/h5-11H,4,12H2,1-3H3,(H,24,26)/b18-11-. The van der Waals surface area contributed by atoms with E-state index in [2.05, 4.69) is 21.2 Å². The third-order valence-corrected chi connectivity index (χ3v) is 5.84. The summed E-state index contributed by atoms with van der Waals surface area (Å²) < 4.78 is 11.6. The molecule has 0 spiro atoms. The number of rotatable bonds is 7. The number of imide groups is 1. The van der Waals surface area contributed by atoms with Crippen LogP contribution in [0, 0.1) is 6.92 Å². The van der Waals surface area contributed by atoms with Crippen molar-refractivity contribution in [2.75, 3.05) is 25.6 Å². The molecule has 1 fully saturated rings. The molecule has 0 atom stereocenters. The van der Waals surface area contributed by atoms with Crippen molar-refractivity contribution in [1.29, 1.82) is 0 Å². The van der Waals surface area contributed by atoms with Gasteiger partial charge in [0, 0.05) is 5.69 Å². The Kier molecular flexibility index (Phi) is 7.40. The van der Waals surface area contributed by atoms with Gasteiger partial charge in [-0.15, -0.1) is 0 Å². The zero-order valence-electron chi connectivity index (χ0n) is 17.2. The number of hydrogen-bond donors (Lipinski definition) is 1. The minimum absolute atomic E-state index is 0.229. The fourth-order valence-corrected chi connectivity index (χ4v) is 4.36. The van der Waals surface area contributed by atoms with Crippen molar-refractivity contribution in [2.45, 2.75) is 13.8 Å². The highest BCUT2D eigenvalue weighted by Gasteiger charge is 2.36. The molecule has 0 aliphatic carbocycles. The summed E-state index contributed by atoms with van der Waals surface area (Å²) in [4.78, 5) is 38.6. The number of ether oxygens (including phenoxy) is 2. The van der Waals surface area contributed by atoms with Crippen LogP contribution in [0.15, 0.2) is 45.8 Å². The molecule has 1 heterocycles. The van der Waals surface area contributed by atoms with Crippen LogP contribution < -0.4 is 14.8 Å². The Morgan fingerprint density at radius 3 is 2.58 bits per heavy atom. The quantitative estimate of drug-likeness (QED) is 0.543. The molecule has 3 amide bonds. The van der Waals surface area contributed by atoms with Crippen LogP contribution >= 0.6 is 27.7 Å². The fourth-order valence-electron chi connectivity index (χ4n) is 2.90. The van der Waals surface area contributed by atoms with Gasteiger partial charge in [0.1, 0.15) is 6.54 Å². The number of thioether (sulfide) groups is 1. The Hall–Kier alpha value is -2.78. The van der Waals surface area contributed by atoms with Gasteiger partial charge in [0.05, 0.1) is 23.1 Å². The molecule has 2 aromatic carbocycles. The highest BCUT2D eigenvalue weighted by Crippen LogP contribution is 2.39. The monoisotopic (exact) mass is 504 g/mol. The summed E-state index contributed by atoms with van der Waals surface area (Å²) in [5, 5.41) is 2.20. The van der Waals surface area contributed by atoms with Gasteiger partial charge in [-0.3, -0.25) is 19.3 Å². The maximum atomic E-state index is 12.7. The first-order valence-electron chi connectivity index (χ1n) is 9.44. The molecule has 2 aromatic rings. The van der Waals surface area contributed by atoms with Gasteiger partial charge in [-0.05, 0) is 77.4 Å². The second kappa shape index (κ2) is 10.0. The van der Waals surface area contributed by atoms with Crippen LogP contribution in [0.1, 0.15) is 18.1 Å². The van der Waals surface area contributed by atoms with E-state index in [9.17, 15) is 14.4 Å². The van der Waals surface area contributed by atoms with Crippen molar-refractivity contribution in [3.63, 3.8) is 0 Å². The van der Waals surface area contributed by atoms with Crippen molar-refractivity contribution >= 4 is 56.5 Å². The number of nitrogens with zero attached hydrogens (tertiary/aromatic N) is 1. The summed E-state index contributed by atoms with van der Waals surface area (Å²) in [5.41, 5.74) is 2.32. The van der Waals surface area contributed by atoms with Crippen molar-refractivity contribution < 1.29 is 23.9 Å². The second-order valence-electron chi connectivity index (χ2n) is 6.65. The summed E-state index contributed by atoms with van der Waals surface area (Å²) in [7, 11) is 1.54. The second-order valence-corrected chi connectivity index (χ2v) is 8.50. The number of nitrogens with one attached hydrogen (secondary N) is 1. The van der Waals surface area contributed by atoms with Gasteiger partial charge in [0.15, 0.2) is 11.5 Å². The van der Waals surface area contributed by atoms with Crippen molar-refractivity contribution in [3.05, 3.63) is 56.9 Å². The minimum atomic E-state index is -0.515. The zero-order valence-corrected chi connectivity index (χ0v) is 19.6. The maximum absolute atomic E-state index is 12.7. The van der Waals surface area contributed by atoms with Crippen molar-refractivity contribution in [2.24, 2.45) is 0 Å². The lowest BCUT2D eigenvalue weighted by molar-refractivity contribution is -0.127. The molecule has 9 heteroatoms. The van der Waals surface area contributed by atoms with E-state index in [1.807, 2.05) is 26.0 Å². The van der Waals surface area contributed by atoms with Crippen molar-refractivity contribution in [1.82, 2.24) is 4.90 Å². The molecular weight excluding hydrogens is 484 g/mol. The summed E-state index contributed by atoms with van der Waals surface area (Å²) >= 11 is 4.22. The highest BCUT2D eigenvalue weighted by molar-refractivity contribution is 9.10. The predicted octanol–water partition coefficient (Wildman–Crippen LogP) is 4.84. The van der Waals surface area contributed by atoms with E-state index < -0.39 is 17.1 Å².